The monoisotopic (exact) mass is 993 g/mol. The van der Waals surface area contributed by atoms with E-state index in [2.05, 4.69) is 26.6 Å². The highest BCUT2D eigenvalue weighted by molar-refractivity contribution is 8.76. The number of carbonyl (C=O) groups is 8. The predicted molar refractivity (Wildman–Crippen MR) is 232 cm³/mol. The highest BCUT2D eigenvalue weighted by Crippen LogP contribution is 2.23. The summed E-state index contributed by atoms with van der Waals surface area (Å²) >= 11 is 0. The summed E-state index contributed by atoms with van der Waals surface area (Å²) in [6.07, 6.45) is -18.4. The van der Waals surface area contributed by atoms with Crippen molar-refractivity contribution in [3.05, 3.63) is 0 Å². The molecule has 4 amide bonds. The first-order valence-electron chi connectivity index (χ1n) is 20.9. The first-order valence-corrected chi connectivity index (χ1v) is 23.4. The molecule has 0 aliphatic heterocycles. The number of likely N-dealkylation sites (N-methyl/N-ethyl adjacent to an activating group) is 1. The molecular weight excluding hydrogens is 927 g/mol. The Morgan fingerprint density at radius 3 is 1.53 bits per heavy atom. The van der Waals surface area contributed by atoms with E-state index in [9.17, 15) is 89.4 Å². The van der Waals surface area contributed by atoms with E-state index in [1.54, 1.807) is 14.0 Å². The predicted octanol–water partition coefficient (Wildman–Crippen LogP) is -6.68. The molecule has 382 valence electrons. The molecule has 0 unspecified atom stereocenters. The van der Waals surface area contributed by atoms with Crippen LogP contribution >= 0.6 is 21.6 Å². The Kier molecular flexibility index (Phi) is 32.5. The number of aliphatic carboxylic acids is 2. The van der Waals surface area contributed by atoms with Crippen LogP contribution < -0.4 is 26.6 Å². The number of hydrogen-bond acceptors (Lipinski definition) is 22. The number of ether oxygens (including phenoxy) is 1. The molecule has 0 bridgehead atoms. The number of nitrogens with one attached hydrogen (secondary N) is 5. The van der Waals surface area contributed by atoms with Crippen LogP contribution in [0.5, 0.6) is 0 Å². The van der Waals surface area contributed by atoms with Crippen molar-refractivity contribution in [1.82, 2.24) is 26.6 Å². The highest BCUT2D eigenvalue weighted by atomic mass is 33.1. The van der Waals surface area contributed by atoms with Gasteiger partial charge in [0, 0.05) is 62.1 Å². The van der Waals surface area contributed by atoms with Gasteiger partial charge in [0.1, 0.15) is 49.3 Å². The zero-order chi connectivity index (χ0) is 50.5. The Balaban J connectivity index is 6.07. The van der Waals surface area contributed by atoms with Gasteiger partial charge in [0.25, 0.3) is 0 Å². The molecule has 0 heterocycles. The average Bonchev–Trinajstić information content (AvgIpc) is 3.28. The molecule has 28 heteroatoms. The number of rotatable bonds is 38. The maximum absolute atomic E-state index is 13.8. The molecule has 0 radical (unpaired) electrons. The first-order chi connectivity index (χ1) is 31.0. The van der Waals surface area contributed by atoms with E-state index in [0.29, 0.717) is 0 Å². The van der Waals surface area contributed by atoms with Crippen molar-refractivity contribution in [3.63, 3.8) is 0 Å². The van der Waals surface area contributed by atoms with Crippen molar-refractivity contribution in [3.8, 4) is 0 Å². The molecule has 12 atom stereocenters. The third kappa shape index (κ3) is 25.4. The molecule has 66 heavy (non-hydrogen) atoms. The van der Waals surface area contributed by atoms with Crippen molar-refractivity contribution in [1.29, 1.82) is 0 Å². The van der Waals surface area contributed by atoms with Gasteiger partial charge < -0.3 is 92.6 Å². The number of amides is 4. The number of carboxylic acids is 2. The molecule has 0 spiro atoms. The Labute approximate surface area is 388 Å². The highest BCUT2D eigenvalue weighted by Gasteiger charge is 2.34. The van der Waals surface area contributed by atoms with Crippen molar-refractivity contribution in [2.45, 2.75) is 119 Å². The van der Waals surface area contributed by atoms with Gasteiger partial charge in [0.2, 0.25) is 23.6 Å². The molecule has 0 aliphatic rings. The zero-order valence-electron chi connectivity index (χ0n) is 36.6. The van der Waals surface area contributed by atoms with Crippen molar-refractivity contribution >= 4 is 68.9 Å². The third-order valence-corrected chi connectivity index (χ3v) is 12.2. The summed E-state index contributed by atoms with van der Waals surface area (Å²) in [6.45, 7) is -1.59. The smallest absolute Gasteiger partial charge is 0.327 e. The van der Waals surface area contributed by atoms with Crippen LogP contribution in [0.15, 0.2) is 0 Å². The van der Waals surface area contributed by atoms with E-state index >= 15 is 0 Å². The van der Waals surface area contributed by atoms with Gasteiger partial charge in [-0.2, -0.15) is 0 Å². The maximum Gasteiger partial charge on any atom is 0.327 e. The minimum Gasteiger partial charge on any atom is -0.481 e. The van der Waals surface area contributed by atoms with Crippen LogP contribution in [0.1, 0.15) is 58.3 Å². The molecular formula is C38H67N5O21S2. The van der Waals surface area contributed by atoms with E-state index in [1.165, 1.54) is 0 Å². The van der Waals surface area contributed by atoms with Gasteiger partial charge >= 0.3 is 17.9 Å². The summed E-state index contributed by atoms with van der Waals surface area (Å²) in [7, 11) is 3.69. The molecule has 0 saturated carbocycles. The van der Waals surface area contributed by atoms with Gasteiger partial charge in [0.05, 0.1) is 38.0 Å². The van der Waals surface area contributed by atoms with Gasteiger partial charge in [0.15, 0.2) is 5.78 Å². The van der Waals surface area contributed by atoms with E-state index in [4.69, 9.17) is 14.9 Å². The molecule has 17 N–H and O–H groups in total. The molecule has 0 aromatic rings. The van der Waals surface area contributed by atoms with Crippen molar-refractivity contribution < 1.29 is 104 Å². The Morgan fingerprint density at radius 2 is 1.08 bits per heavy atom. The summed E-state index contributed by atoms with van der Waals surface area (Å²) in [5.41, 5.74) is 0. The Bertz CT molecular complexity index is 1520. The van der Waals surface area contributed by atoms with E-state index in [0.717, 1.165) is 21.6 Å². The Morgan fingerprint density at radius 1 is 0.606 bits per heavy atom. The van der Waals surface area contributed by atoms with Gasteiger partial charge in [-0.1, -0.05) is 28.5 Å². The van der Waals surface area contributed by atoms with E-state index in [1.807, 2.05) is 0 Å². The van der Waals surface area contributed by atoms with Crippen LogP contribution in [0.3, 0.4) is 0 Å². The normalized spacial score (nSPS) is 16.9. The van der Waals surface area contributed by atoms with Crippen molar-refractivity contribution in [2.75, 3.05) is 58.0 Å². The molecule has 26 nitrogen and oxygen atoms in total. The largest absolute Gasteiger partial charge is 0.481 e. The standard InChI is InChI=1S/C38H67N5O21S2/c1-3-19(4-7-28(51)40-13-24(47)32(56)34(58)26(49)16-44)36(60)42-21(6-9-30(53)54)23(46)12-20(5-8-29(52)41-14-25(48)33(57)35(59)27(50)17-45)37(61)43-22(38(62)63)18-66-65-11-10-64-31(55)15-39-2/h19-22,24-27,32-35,39,44-45,47-50,56-59H,3-18H2,1-2H3,(H,40,51)(H,41,52)(H,42,60)(H,43,61)(H,53,54)(H,62,63)/t19-,20+,21-,22-,24-,25-,26+,27+,32+,33+,34+,35+/m0/s1. The lowest BCUT2D eigenvalue weighted by Crippen LogP contribution is -2.50. The number of ketones is 1. The number of hydrogen-bond donors (Lipinski definition) is 17. The second kappa shape index (κ2) is 34.5. The molecule has 0 aromatic carbocycles. The lowest BCUT2D eigenvalue weighted by Gasteiger charge is -2.26. The fourth-order valence-corrected chi connectivity index (χ4v) is 7.70. The second-order valence-corrected chi connectivity index (χ2v) is 17.6. The fourth-order valence-electron chi connectivity index (χ4n) is 5.72. The second-order valence-electron chi connectivity index (χ2n) is 15.0. The van der Waals surface area contributed by atoms with Crippen molar-refractivity contribution in [2.24, 2.45) is 11.8 Å². The van der Waals surface area contributed by atoms with Gasteiger partial charge in [-0.3, -0.25) is 33.6 Å². The van der Waals surface area contributed by atoms with Crippen LogP contribution in [0.25, 0.3) is 0 Å². The summed E-state index contributed by atoms with van der Waals surface area (Å²) < 4.78 is 4.98. The van der Waals surface area contributed by atoms with E-state index in [-0.39, 0.29) is 43.9 Å². The van der Waals surface area contributed by atoms with Gasteiger partial charge in [-0.05, 0) is 32.7 Å². The molecule has 0 fully saturated rings. The van der Waals surface area contributed by atoms with E-state index < -0.39 is 178 Å². The van der Waals surface area contributed by atoms with Crippen LogP contribution in [0.2, 0.25) is 0 Å². The summed E-state index contributed by atoms with van der Waals surface area (Å²) in [5, 5.41) is 128. The van der Waals surface area contributed by atoms with Gasteiger partial charge in [-0.15, -0.1) is 0 Å². The lowest BCUT2D eigenvalue weighted by atomic mass is 9.90. The lowest BCUT2D eigenvalue weighted by molar-refractivity contribution is -0.142. The third-order valence-electron chi connectivity index (χ3n) is 9.82. The molecule has 0 saturated heterocycles. The topological polar surface area (TPSA) is 449 Å². The number of carbonyl (C=O) groups excluding carboxylic acids is 6. The summed E-state index contributed by atoms with van der Waals surface area (Å²) in [4.78, 5) is 101. The number of aliphatic hydroxyl groups excluding tert-OH is 10. The average molecular weight is 994 g/mol. The SMILES string of the molecule is CC[C@@H](CCC(=O)NC[C@H](O)[C@@H](O)[C@H](O)[C@H](O)CO)C(=O)N[C@@H](CCC(=O)O)C(=O)C[C@@H](CCC(=O)NC[C@H](O)[C@@H](O)[C@H](O)[C@H](O)CO)C(=O)N[C@@H](CSSCCOC(=O)CNC)C(=O)O. The Hall–Kier alpha value is -3.78. The maximum atomic E-state index is 13.8. The minimum absolute atomic E-state index is 0.00712. The minimum atomic E-state index is -2.02. The van der Waals surface area contributed by atoms with Crippen LogP contribution in [0, 0.1) is 11.8 Å². The van der Waals surface area contributed by atoms with Gasteiger partial charge in [-0.25, -0.2) is 4.79 Å². The number of aliphatic hydroxyl groups is 10. The number of esters is 1. The first kappa shape index (κ1) is 62.2. The molecule has 0 aromatic heterocycles. The zero-order valence-corrected chi connectivity index (χ0v) is 38.2. The molecule has 0 aliphatic carbocycles. The fraction of sp³-hybridized carbons (Fsp3) is 0.789. The van der Waals surface area contributed by atoms with Crippen LogP contribution in [-0.4, -0.2) is 228 Å². The number of carboxylic acid groups (broad SMARTS) is 2. The number of Topliss-reactive ketones (excluding diaryl/α,β-unsaturated/α-hetero) is 1. The summed E-state index contributed by atoms with van der Waals surface area (Å²) in [6, 6.07) is -3.09. The van der Waals surface area contributed by atoms with Crippen LogP contribution in [0.4, 0.5) is 0 Å². The molecule has 0 rings (SSSR count). The quantitative estimate of drug-likeness (QED) is 0.0155. The van der Waals surface area contributed by atoms with Crippen LogP contribution in [-0.2, 0) is 43.1 Å². The summed E-state index contributed by atoms with van der Waals surface area (Å²) in [5.74, 6) is -10.0.